The molecule has 1 aliphatic carbocycles. The van der Waals surface area contributed by atoms with Crippen LogP contribution in [0.15, 0.2) is 48.7 Å². The molecule has 0 radical (unpaired) electrons. The third kappa shape index (κ3) is 6.56. The molecular formula is C36H39N5O5. The van der Waals surface area contributed by atoms with Gasteiger partial charge >= 0.3 is 0 Å². The van der Waals surface area contributed by atoms with Crippen LogP contribution in [0.5, 0.6) is 5.75 Å². The zero-order valence-electron chi connectivity index (χ0n) is 26.4. The third-order valence-corrected chi connectivity index (χ3v) is 8.99. The van der Waals surface area contributed by atoms with Gasteiger partial charge in [0.1, 0.15) is 23.7 Å². The zero-order chi connectivity index (χ0) is 32.2. The largest absolute Gasteiger partial charge is 0.486 e. The number of aromatic nitrogens is 3. The van der Waals surface area contributed by atoms with Gasteiger partial charge in [0, 0.05) is 42.6 Å². The van der Waals surface area contributed by atoms with Crippen LogP contribution in [-0.2, 0) is 24.2 Å². The molecular weight excluding hydrogens is 582 g/mol. The second-order valence-corrected chi connectivity index (χ2v) is 12.2. The molecule has 2 aliphatic rings. The lowest BCUT2D eigenvalue weighted by atomic mass is 9.93. The molecule has 238 valence electrons. The molecule has 0 fully saturated rings. The Bertz CT molecular complexity index is 1830. The average Bonchev–Trinajstić information content (AvgIpc) is 3.70. The van der Waals surface area contributed by atoms with E-state index in [4.69, 9.17) is 4.74 Å². The molecule has 0 bridgehead atoms. The topological polar surface area (TPSA) is 132 Å². The van der Waals surface area contributed by atoms with Crippen molar-refractivity contribution in [2.24, 2.45) is 0 Å². The zero-order valence-corrected chi connectivity index (χ0v) is 26.4. The van der Waals surface area contributed by atoms with Gasteiger partial charge in [-0.2, -0.15) is 5.10 Å². The molecule has 1 atom stereocenters. The van der Waals surface area contributed by atoms with Crippen molar-refractivity contribution in [1.82, 2.24) is 25.2 Å². The number of amides is 2. The first-order chi connectivity index (χ1) is 22.3. The van der Waals surface area contributed by atoms with E-state index < -0.39 is 5.91 Å². The Labute approximate surface area is 267 Å². The Morgan fingerprint density at radius 1 is 1.02 bits per heavy atom. The van der Waals surface area contributed by atoms with Crippen molar-refractivity contribution in [3.63, 3.8) is 0 Å². The van der Waals surface area contributed by atoms with Gasteiger partial charge in [-0.3, -0.25) is 19.2 Å². The van der Waals surface area contributed by atoms with E-state index >= 15 is 0 Å². The highest BCUT2D eigenvalue weighted by molar-refractivity contribution is 5.99. The van der Waals surface area contributed by atoms with E-state index in [1.807, 2.05) is 31.2 Å². The minimum Gasteiger partial charge on any atom is -0.486 e. The first-order valence-electron chi connectivity index (χ1n) is 16.2. The minimum absolute atomic E-state index is 0.0115. The molecule has 0 saturated heterocycles. The highest BCUT2D eigenvalue weighted by Gasteiger charge is 2.29. The number of nitrogens with one attached hydrogen (secondary N) is 2. The predicted octanol–water partition coefficient (Wildman–Crippen LogP) is 5.43. The number of ether oxygens (including phenoxy) is 1. The average molecular weight is 622 g/mol. The van der Waals surface area contributed by atoms with Gasteiger partial charge in [-0.15, -0.1) is 0 Å². The molecule has 2 N–H and O–H groups in total. The Morgan fingerprint density at radius 2 is 1.87 bits per heavy atom. The van der Waals surface area contributed by atoms with Gasteiger partial charge in [0.2, 0.25) is 0 Å². The lowest BCUT2D eigenvalue weighted by Gasteiger charge is -2.17. The number of nitrogens with zero attached hydrogens (tertiary/aromatic N) is 3. The van der Waals surface area contributed by atoms with Crippen LogP contribution in [0.3, 0.4) is 0 Å². The van der Waals surface area contributed by atoms with Gasteiger partial charge in [0.15, 0.2) is 17.2 Å². The molecule has 2 aromatic heterocycles. The fraction of sp³-hybridized carbons (Fsp3) is 0.389. The van der Waals surface area contributed by atoms with E-state index in [9.17, 15) is 19.2 Å². The second kappa shape index (κ2) is 13.6. The van der Waals surface area contributed by atoms with Crippen LogP contribution in [0.25, 0.3) is 5.65 Å². The maximum Gasteiger partial charge on any atom is 0.270 e. The summed E-state index contributed by atoms with van der Waals surface area (Å²) in [5.41, 5.74) is 6.21. The number of hydrogen-bond acceptors (Lipinski definition) is 7. The number of hydrogen-bond donors (Lipinski definition) is 2. The quantitative estimate of drug-likeness (QED) is 0.159. The Kier molecular flexibility index (Phi) is 9.23. The van der Waals surface area contributed by atoms with Crippen LogP contribution >= 0.6 is 0 Å². The van der Waals surface area contributed by atoms with Crippen molar-refractivity contribution < 1.29 is 23.9 Å². The molecule has 46 heavy (non-hydrogen) atoms. The lowest BCUT2D eigenvalue weighted by Crippen LogP contribution is -2.30. The van der Waals surface area contributed by atoms with Crippen molar-refractivity contribution in [2.45, 2.75) is 84.2 Å². The van der Waals surface area contributed by atoms with Crippen LogP contribution in [-0.4, -0.2) is 44.6 Å². The number of Topliss-reactive ketones (excluding diaryl/α,β-unsaturated/α-hetero) is 2. The van der Waals surface area contributed by atoms with Gasteiger partial charge in [-0.25, -0.2) is 9.50 Å². The van der Waals surface area contributed by atoms with Gasteiger partial charge in [-0.1, -0.05) is 50.8 Å². The summed E-state index contributed by atoms with van der Waals surface area (Å²) in [6, 6.07) is 12.3. The van der Waals surface area contributed by atoms with Crippen LogP contribution in [0.2, 0.25) is 0 Å². The minimum atomic E-state index is -0.438. The molecule has 4 aromatic rings. The van der Waals surface area contributed by atoms with E-state index in [-0.39, 0.29) is 48.1 Å². The van der Waals surface area contributed by atoms with Crippen LogP contribution in [0.4, 0.5) is 0 Å². The number of unbranched alkanes of at least 4 members (excludes halogenated alkanes) is 4. The Hall–Kier alpha value is -4.86. The second-order valence-electron chi connectivity index (χ2n) is 12.2. The summed E-state index contributed by atoms with van der Waals surface area (Å²) in [4.78, 5) is 56.1. The van der Waals surface area contributed by atoms with E-state index in [0.29, 0.717) is 30.7 Å². The molecule has 10 nitrogen and oxygen atoms in total. The molecule has 10 heteroatoms. The third-order valence-electron chi connectivity index (χ3n) is 8.99. The summed E-state index contributed by atoms with van der Waals surface area (Å²) < 4.78 is 6.88. The highest BCUT2D eigenvalue weighted by Crippen LogP contribution is 2.35. The maximum atomic E-state index is 13.7. The summed E-state index contributed by atoms with van der Waals surface area (Å²) in [6.07, 6.45) is 9.42. The summed E-state index contributed by atoms with van der Waals surface area (Å²) in [5, 5.41) is 10.3. The Balaban J connectivity index is 1.14. The van der Waals surface area contributed by atoms with Crippen molar-refractivity contribution >= 4 is 29.0 Å². The Morgan fingerprint density at radius 3 is 2.72 bits per heavy atom. The summed E-state index contributed by atoms with van der Waals surface area (Å²) >= 11 is 0. The standard InChI is InChI=1S/C36H39N5O5/c1-3-4-5-6-7-8-32(43)27-10-11-28-26(22(27)2)12-13-29(28)40-36(45)31-19-30(39-34-15-16-38-41(31)34)35(44)37-20-23-9-14-33-24(17-23)18-25(42)21-46-33/h9-11,14-17,19,29H,3-8,12-13,18,20-21H2,1-2H3,(H,37,44)(H,40,45)/t29-/m0/s1. The number of carbonyl (C=O) groups is 4. The van der Waals surface area contributed by atoms with E-state index in [1.165, 1.54) is 29.6 Å². The van der Waals surface area contributed by atoms with E-state index in [0.717, 1.165) is 59.1 Å². The summed E-state index contributed by atoms with van der Waals surface area (Å²) in [7, 11) is 0. The van der Waals surface area contributed by atoms with Crippen LogP contribution in [0.1, 0.15) is 117 Å². The van der Waals surface area contributed by atoms with Gasteiger partial charge < -0.3 is 15.4 Å². The predicted molar refractivity (Wildman–Crippen MR) is 172 cm³/mol. The number of benzene rings is 2. The highest BCUT2D eigenvalue weighted by atomic mass is 16.5. The number of rotatable bonds is 12. The van der Waals surface area contributed by atoms with Crippen LogP contribution in [0, 0.1) is 6.92 Å². The van der Waals surface area contributed by atoms with Crippen LogP contribution < -0.4 is 15.4 Å². The summed E-state index contributed by atoms with van der Waals surface area (Å²) in [5.74, 6) is 0.0702. The SMILES string of the molecule is CCCCCCCC(=O)c1ccc2c(c1C)CC[C@@H]2NC(=O)c1cc(C(=O)NCc2ccc3c(c2)CC(=O)CO3)nc2ccnn12. The van der Waals surface area contributed by atoms with Crippen molar-refractivity contribution in [3.8, 4) is 5.75 Å². The van der Waals surface area contributed by atoms with Crippen molar-refractivity contribution in [2.75, 3.05) is 6.61 Å². The molecule has 3 heterocycles. The molecule has 6 rings (SSSR count). The molecule has 0 spiro atoms. The summed E-state index contributed by atoms with van der Waals surface area (Å²) in [6.45, 7) is 4.49. The first kappa shape index (κ1) is 31.1. The van der Waals surface area contributed by atoms with Gasteiger partial charge in [0.05, 0.1) is 12.2 Å². The fourth-order valence-electron chi connectivity index (χ4n) is 6.50. The fourth-order valence-corrected chi connectivity index (χ4v) is 6.50. The van der Waals surface area contributed by atoms with Crippen molar-refractivity contribution in [1.29, 1.82) is 0 Å². The first-order valence-corrected chi connectivity index (χ1v) is 16.2. The monoisotopic (exact) mass is 621 g/mol. The number of ketones is 2. The molecule has 0 saturated carbocycles. The molecule has 0 unspecified atom stereocenters. The maximum absolute atomic E-state index is 13.7. The van der Waals surface area contributed by atoms with Crippen molar-refractivity contribution in [3.05, 3.63) is 93.4 Å². The number of carbonyl (C=O) groups excluding carboxylic acids is 4. The molecule has 1 aliphatic heterocycles. The smallest absolute Gasteiger partial charge is 0.270 e. The van der Waals surface area contributed by atoms with Gasteiger partial charge in [0.25, 0.3) is 11.8 Å². The van der Waals surface area contributed by atoms with E-state index in [1.54, 1.807) is 12.1 Å². The number of fused-ring (bicyclic) bond motifs is 3. The molecule has 2 amide bonds. The normalized spacial score (nSPS) is 15.3. The van der Waals surface area contributed by atoms with E-state index in [2.05, 4.69) is 27.6 Å². The lowest BCUT2D eigenvalue weighted by molar-refractivity contribution is -0.121. The van der Waals surface area contributed by atoms with Gasteiger partial charge in [-0.05, 0) is 60.6 Å². The molecule has 2 aromatic carbocycles.